The first-order valence-electron chi connectivity index (χ1n) is 6.34. The number of rotatable bonds is 3. The zero-order valence-electron chi connectivity index (χ0n) is 10.4. The molecule has 1 atom stereocenters. The molecule has 6 nitrogen and oxygen atoms in total. The van der Waals surface area contributed by atoms with Gasteiger partial charge in [-0.3, -0.25) is 9.78 Å². The number of oxazole rings is 1. The molecule has 2 aromatic rings. The molecule has 19 heavy (non-hydrogen) atoms. The van der Waals surface area contributed by atoms with Crippen LogP contribution in [-0.4, -0.2) is 30.5 Å². The molecule has 1 aliphatic rings. The van der Waals surface area contributed by atoms with Crippen LogP contribution in [0.15, 0.2) is 27.4 Å². The monoisotopic (exact) mass is 261 g/mol. The van der Waals surface area contributed by atoms with Crippen LogP contribution in [-0.2, 0) is 0 Å². The maximum Gasteiger partial charge on any atom is 0.417 e. The number of carbonyl (C=O) groups is 1. The molecular formula is C13H15N3O3. The summed E-state index contributed by atoms with van der Waals surface area (Å²) in [6, 6.07) is 4.91. The third-order valence-corrected chi connectivity index (χ3v) is 3.39. The van der Waals surface area contributed by atoms with E-state index in [-0.39, 0.29) is 5.91 Å². The maximum atomic E-state index is 12.0. The maximum absolute atomic E-state index is 12.0. The molecule has 0 aliphatic carbocycles. The molecule has 100 valence electrons. The third-order valence-electron chi connectivity index (χ3n) is 3.39. The van der Waals surface area contributed by atoms with E-state index in [0.717, 1.165) is 19.5 Å². The van der Waals surface area contributed by atoms with E-state index in [1.807, 2.05) is 0 Å². The molecule has 1 amide bonds. The average Bonchev–Trinajstić information content (AvgIpc) is 3.02. The van der Waals surface area contributed by atoms with Crippen LogP contribution >= 0.6 is 0 Å². The second kappa shape index (κ2) is 4.89. The SMILES string of the molecule is O=C(NCC1CCNC1)c1ccc2oc(=O)[nH]c2c1. The summed E-state index contributed by atoms with van der Waals surface area (Å²) in [4.78, 5) is 25.6. The summed E-state index contributed by atoms with van der Waals surface area (Å²) in [7, 11) is 0. The third kappa shape index (κ3) is 2.53. The largest absolute Gasteiger partial charge is 0.417 e. The van der Waals surface area contributed by atoms with Gasteiger partial charge in [-0.1, -0.05) is 0 Å². The van der Waals surface area contributed by atoms with Gasteiger partial charge in [0.25, 0.3) is 5.91 Å². The molecule has 6 heteroatoms. The molecule has 1 fully saturated rings. The minimum absolute atomic E-state index is 0.129. The van der Waals surface area contributed by atoms with Crippen molar-refractivity contribution in [3.8, 4) is 0 Å². The summed E-state index contributed by atoms with van der Waals surface area (Å²) in [6.07, 6.45) is 1.09. The molecule has 1 unspecified atom stereocenters. The topological polar surface area (TPSA) is 87.1 Å². The van der Waals surface area contributed by atoms with Gasteiger partial charge in [0.05, 0.1) is 5.52 Å². The van der Waals surface area contributed by atoms with E-state index in [1.54, 1.807) is 18.2 Å². The molecule has 1 aromatic heterocycles. The zero-order valence-corrected chi connectivity index (χ0v) is 10.4. The van der Waals surface area contributed by atoms with Crippen LogP contribution in [0.1, 0.15) is 16.8 Å². The van der Waals surface area contributed by atoms with Crippen LogP contribution in [0.3, 0.4) is 0 Å². The summed E-state index contributed by atoms with van der Waals surface area (Å²) >= 11 is 0. The van der Waals surface area contributed by atoms with E-state index >= 15 is 0 Å². The molecule has 1 aliphatic heterocycles. The summed E-state index contributed by atoms with van der Waals surface area (Å²) < 4.78 is 4.89. The van der Waals surface area contributed by atoms with Crippen molar-refractivity contribution >= 4 is 17.0 Å². The molecule has 0 bridgehead atoms. The highest BCUT2D eigenvalue weighted by atomic mass is 16.4. The number of aromatic amines is 1. The van der Waals surface area contributed by atoms with Crippen molar-refractivity contribution in [3.05, 3.63) is 34.3 Å². The van der Waals surface area contributed by atoms with Crippen LogP contribution in [0.25, 0.3) is 11.1 Å². The lowest BCUT2D eigenvalue weighted by Gasteiger charge is -2.09. The number of fused-ring (bicyclic) bond motifs is 1. The highest BCUT2D eigenvalue weighted by Gasteiger charge is 2.16. The highest BCUT2D eigenvalue weighted by Crippen LogP contribution is 2.12. The van der Waals surface area contributed by atoms with Crippen LogP contribution in [0.4, 0.5) is 0 Å². The Kier molecular flexibility index (Phi) is 3.08. The molecule has 3 rings (SSSR count). The Morgan fingerprint density at radius 3 is 3.16 bits per heavy atom. The molecule has 3 N–H and O–H groups in total. The smallest absolute Gasteiger partial charge is 0.408 e. The van der Waals surface area contributed by atoms with Gasteiger partial charge in [0, 0.05) is 12.1 Å². The Bertz CT molecular complexity index is 652. The number of hydrogen-bond acceptors (Lipinski definition) is 4. The van der Waals surface area contributed by atoms with Crippen molar-refractivity contribution in [2.45, 2.75) is 6.42 Å². The summed E-state index contributed by atoms with van der Waals surface area (Å²) in [5.74, 6) is -0.137. The van der Waals surface area contributed by atoms with E-state index < -0.39 is 5.76 Å². The fourth-order valence-corrected chi connectivity index (χ4v) is 2.32. The predicted octanol–water partition coefficient (Wildman–Crippen LogP) is 0.460. The summed E-state index contributed by atoms with van der Waals surface area (Å²) in [6.45, 7) is 2.64. The second-order valence-corrected chi connectivity index (χ2v) is 4.79. The quantitative estimate of drug-likeness (QED) is 0.749. The number of amides is 1. The lowest BCUT2D eigenvalue weighted by atomic mass is 10.1. The highest BCUT2D eigenvalue weighted by molar-refractivity contribution is 5.97. The minimum Gasteiger partial charge on any atom is -0.408 e. The zero-order chi connectivity index (χ0) is 13.2. The van der Waals surface area contributed by atoms with Gasteiger partial charge >= 0.3 is 5.76 Å². The van der Waals surface area contributed by atoms with Crippen molar-refractivity contribution in [2.24, 2.45) is 5.92 Å². The van der Waals surface area contributed by atoms with Crippen molar-refractivity contribution in [1.82, 2.24) is 15.6 Å². The van der Waals surface area contributed by atoms with Gasteiger partial charge < -0.3 is 15.1 Å². The number of carbonyl (C=O) groups excluding carboxylic acids is 1. The van der Waals surface area contributed by atoms with Gasteiger partial charge in [-0.2, -0.15) is 0 Å². The standard InChI is InChI=1S/C13H15N3O3/c17-12(15-7-8-3-4-14-6-8)9-1-2-11-10(5-9)16-13(18)19-11/h1-2,5,8,14H,3-4,6-7H2,(H,15,17)(H,16,18). The van der Waals surface area contributed by atoms with Crippen molar-refractivity contribution in [2.75, 3.05) is 19.6 Å². The van der Waals surface area contributed by atoms with Crippen molar-refractivity contribution < 1.29 is 9.21 Å². The van der Waals surface area contributed by atoms with E-state index in [9.17, 15) is 9.59 Å². The fraction of sp³-hybridized carbons (Fsp3) is 0.385. The van der Waals surface area contributed by atoms with Gasteiger partial charge in [0.15, 0.2) is 5.58 Å². The van der Waals surface area contributed by atoms with E-state index in [2.05, 4.69) is 15.6 Å². The molecular weight excluding hydrogens is 246 g/mol. The van der Waals surface area contributed by atoms with Gasteiger partial charge in [0.1, 0.15) is 0 Å². The first kappa shape index (κ1) is 12.0. The Morgan fingerprint density at radius 2 is 2.37 bits per heavy atom. The van der Waals surface area contributed by atoms with Gasteiger partial charge in [-0.05, 0) is 43.6 Å². The average molecular weight is 261 g/mol. The Hall–Kier alpha value is -2.08. The molecule has 1 aromatic carbocycles. The van der Waals surface area contributed by atoms with Crippen LogP contribution in [0.2, 0.25) is 0 Å². The molecule has 0 spiro atoms. The molecule has 1 saturated heterocycles. The summed E-state index contributed by atoms with van der Waals surface area (Å²) in [5, 5.41) is 6.17. The Labute approximate surface area is 109 Å². The van der Waals surface area contributed by atoms with Crippen LogP contribution in [0, 0.1) is 5.92 Å². The lowest BCUT2D eigenvalue weighted by molar-refractivity contribution is 0.0948. The van der Waals surface area contributed by atoms with Crippen LogP contribution < -0.4 is 16.4 Å². The lowest BCUT2D eigenvalue weighted by Crippen LogP contribution is -2.30. The predicted molar refractivity (Wildman–Crippen MR) is 70.1 cm³/mol. The Balaban J connectivity index is 1.71. The number of H-pyrrole nitrogens is 1. The Morgan fingerprint density at radius 1 is 1.47 bits per heavy atom. The van der Waals surface area contributed by atoms with Crippen LogP contribution in [0.5, 0.6) is 0 Å². The molecule has 0 radical (unpaired) electrons. The van der Waals surface area contributed by atoms with E-state index in [0.29, 0.717) is 29.1 Å². The van der Waals surface area contributed by atoms with Gasteiger partial charge in [0.2, 0.25) is 0 Å². The van der Waals surface area contributed by atoms with Gasteiger partial charge in [-0.25, -0.2) is 4.79 Å². The minimum atomic E-state index is -0.510. The first-order valence-corrected chi connectivity index (χ1v) is 6.34. The second-order valence-electron chi connectivity index (χ2n) is 4.79. The molecule has 2 heterocycles. The number of nitrogens with one attached hydrogen (secondary N) is 3. The number of benzene rings is 1. The fourth-order valence-electron chi connectivity index (χ4n) is 2.32. The molecule has 0 saturated carbocycles. The van der Waals surface area contributed by atoms with E-state index in [1.165, 1.54) is 0 Å². The van der Waals surface area contributed by atoms with Crippen molar-refractivity contribution in [1.29, 1.82) is 0 Å². The van der Waals surface area contributed by atoms with Gasteiger partial charge in [-0.15, -0.1) is 0 Å². The number of hydrogen-bond donors (Lipinski definition) is 3. The summed E-state index contributed by atoms with van der Waals surface area (Å²) in [5.41, 5.74) is 1.53. The normalized spacial score (nSPS) is 18.8. The van der Waals surface area contributed by atoms with Crippen molar-refractivity contribution in [3.63, 3.8) is 0 Å². The number of aromatic nitrogens is 1. The van der Waals surface area contributed by atoms with E-state index in [4.69, 9.17) is 4.42 Å². The first-order chi connectivity index (χ1) is 9.22.